The number of hydrogen-bond donors (Lipinski definition) is 10. The van der Waals surface area contributed by atoms with E-state index >= 15 is 0 Å². The summed E-state index contributed by atoms with van der Waals surface area (Å²) in [5, 5.41) is 17.8. The van der Waals surface area contributed by atoms with E-state index in [1.54, 1.807) is 19.9 Å². The summed E-state index contributed by atoms with van der Waals surface area (Å²) in [7, 11) is -21.8. The summed E-state index contributed by atoms with van der Waals surface area (Å²) in [6.45, 7) is 5.60. The first-order valence-corrected chi connectivity index (χ1v) is 29.6. The van der Waals surface area contributed by atoms with Crippen LogP contribution in [0.1, 0.15) is 58.6 Å². The van der Waals surface area contributed by atoms with E-state index in [1.807, 2.05) is 0 Å². The number of phosphoric acid groups is 4. The van der Waals surface area contributed by atoms with Crippen LogP contribution in [-0.2, 0) is 59.5 Å². The van der Waals surface area contributed by atoms with Crippen molar-refractivity contribution in [3.8, 4) is 0 Å². The minimum absolute atomic E-state index is 0.0126. The Kier molecular flexibility index (Phi) is 24.4. The topological polar surface area (TPSA) is 400 Å². The van der Waals surface area contributed by atoms with Crippen molar-refractivity contribution in [2.75, 3.05) is 25.5 Å². The maximum Gasteiger partial charge on any atom is 0.529 e. The molecule has 11 atom stereocenters. The molecule has 2 fully saturated rings. The number of thioether (sulfide) groups is 1. The summed E-state index contributed by atoms with van der Waals surface area (Å²) >= 11 is 4.27. The van der Waals surface area contributed by atoms with E-state index in [-0.39, 0.29) is 42.1 Å². The molecule has 4 rings (SSSR count). The number of aromatic amines is 1. The van der Waals surface area contributed by atoms with E-state index in [2.05, 4.69) is 109 Å². The molecule has 0 aliphatic carbocycles. The third kappa shape index (κ3) is 22.0. The zero-order valence-electron chi connectivity index (χ0n) is 39.3. The number of unbranched alkanes of at least 4 members (excludes halogenated alkanes) is 2. The molecule has 4 heterocycles. The maximum atomic E-state index is 13.1. The van der Waals surface area contributed by atoms with Crippen molar-refractivity contribution in [3.05, 3.63) is 114 Å². The number of aliphatic hydroxyl groups is 1. The van der Waals surface area contributed by atoms with Crippen molar-refractivity contribution in [1.29, 1.82) is 0 Å². The van der Waals surface area contributed by atoms with Gasteiger partial charge in [0.25, 0.3) is 11.4 Å². The smallest absolute Gasteiger partial charge is 0.390 e. The lowest BCUT2D eigenvalue weighted by atomic mass is 9.93. The van der Waals surface area contributed by atoms with Crippen LogP contribution in [0.5, 0.6) is 0 Å². The number of nitrogens with one attached hydrogen (secondary N) is 4. The molecule has 0 saturated carbocycles. The second-order valence-corrected chi connectivity index (χ2v) is 23.6. The number of rotatable bonds is 25. The highest BCUT2D eigenvalue weighted by atomic mass is 79.9. The fourth-order valence-corrected chi connectivity index (χ4v) is 11.6. The zero-order valence-corrected chi connectivity index (χ0v) is 45.3. The zero-order chi connectivity index (χ0) is 55.6. The van der Waals surface area contributed by atoms with Gasteiger partial charge in [-0.05, 0) is 93.2 Å². The molecule has 10 N–H and O–H groups in total. The van der Waals surface area contributed by atoms with Gasteiger partial charge in [0.2, 0.25) is 11.8 Å². The molecule has 1 aromatic rings. The minimum atomic E-state index is -5.72. The van der Waals surface area contributed by atoms with Gasteiger partial charge in [0, 0.05) is 55.6 Å². The highest BCUT2D eigenvalue weighted by molar-refractivity contribution is 9.10. The van der Waals surface area contributed by atoms with E-state index in [4.69, 9.17) is 32.8 Å². The molecule has 3 aliphatic rings. The molecule has 4 amide bonds. The standard InChI is InChI=1S/C41H49BrN6O22P4S/c1-4-5-6-7-8-9-10-11-14-17-35(68-72(58,59)64-26-32-30(49)23-37(66-32)48-24-29(42)38(52)46-41(48)54)44-34(51)16-13-12-15-20-43-33(50)19-22-75-36-18-21-47(40(53)45-36)39-28(3)27(2)31(67-39)25-65-73(60,61)70-74(62,63)69-71(55,56)57/h18,21,24,27-28,30-32,36-37,39,49H,1,12-13,15-16,19-20,22-23,25-26H2,2-3H3,(H,43,50)(H,44,51)(H,45,53)(H,58,59)(H,60,61)(H,62,63)(H,46,52,54)(H2,55,56,57). The van der Waals surface area contributed by atoms with Gasteiger partial charge in [0.05, 0.1) is 35.3 Å². The van der Waals surface area contributed by atoms with Crippen LogP contribution in [0.4, 0.5) is 4.79 Å². The largest absolute Gasteiger partial charge is 0.529 e. The van der Waals surface area contributed by atoms with Gasteiger partial charge >= 0.3 is 43.0 Å². The Bertz CT molecular complexity index is 3070. The Balaban J connectivity index is 1.20. The van der Waals surface area contributed by atoms with Crippen LogP contribution in [0.25, 0.3) is 0 Å². The molecular weight excluding hydrogens is 1160 g/mol. The fraction of sp³-hybridized carbons (Fsp3) is 0.488. The van der Waals surface area contributed by atoms with E-state index in [0.29, 0.717) is 25.0 Å². The van der Waals surface area contributed by atoms with Crippen LogP contribution in [-0.4, -0.2) is 117 Å². The molecule has 0 spiro atoms. The molecule has 3 aliphatic heterocycles. The second-order valence-electron chi connectivity index (χ2n) is 15.7. The summed E-state index contributed by atoms with van der Waals surface area (Å²) in [4.78, 5) is 113. The number of carbonyl (C=O) groups is 3. The minimum Gasteiger partial charge on any atom is -0.390 e. The van der Waals surface area contributed by atoms with E-state index in [9.17, 15) is 62.0 Å². The van der Waals surface area contributed by atoms with E-state index in [0.717, 1.165) is 10.8 Å². The second kappa shape index (κ2) is 29.1. The molecule has 2 saturated heterocycles. The molecule has 75 heavy (non-hydrogen) atoms. The number of ether oxygens (including phenoxy) is 2. The monoisotopic (exact) mass is 1210 g/mol. The van der Waals surface area contributed by atoms with Gasteiger partial charge in [0.15, 0.2) is 0 Å². The van der Waals surface area contributed by atoms with Crippen molar-refractivity contribution in [2.45, 2.75) is 88.5 Å². The Morgan fingerprint density at radius 1 is 0.853 bits per heavy atom. The van der Waals surface area contributed by atoms with Gasteiger partial charge in [-0.1, -0.05) is 26.0 Å². The predicted octanol–water partition coefficient (Wildman–Crippen LogP) is 3.22. The molecule has 0 bridgehead atoms. The number of aliphatic hydroxyl groups excluding tert-OH is 1. The van der Waals surface area contributed by atoms with Crippen LogP contribution >= 0.6 is 59.0 Å². The van der Waals surface area contributed by atoms with Crippen LogP contribution < -0.4 is 27.2 Å². The van der Waals surface area contributed by atoms with Gasteiger partial charge in [-0.3, -0.25) is 48.1 Å². The molecule has 28 nitrogen and oxygen atoms in total. The average molecular weight is 1210 g/mol. The molecule has 0 aromatic carbocycles. The third-order valence-corrected chi connectivity index (χ3v) is 16.6. The first-order valence-electron chi connectivity index (χ1n) is 21.7. The highest BCUT2D eigenvalue weighted by Gasteiger charge is 2.47. The Labute approximate surface area is 438 Å². The molecule has 408 valence electrons. The van der Waals surface area contributed by atoms with Gasteiger partial charge < -0.3 is 49.3 Å². The average Bonchev–Trinajstić information content (AvgIpc) is 3.81. The highest BCUT2D eigenvalue weighted by Crippen LogP contribution is 2.66. The van der Waals surface area contributed by atoms with Crippen molar-refractivity contribution >= 4 is 76.8 Å². The van der Waals surface area contributed by atoms with Gasteiger partial charge in [-0.2, -0.15) is 8.62 Å². The molecule has 11 unspecified atom stereocenters. The number of nitrogens with zero attached hydrogens (tertiary/aromatic N) is 2. The first kappa shape index (κ1) is 62.8. The van der Waals surface area contributed by atoms with E-state index < -0.39 is 116 Å². The lowest BCUT2D eigenvalue weighted by Crippen LogP contribution is -2.50. The number of hydrogen-bond acceptors (Lipinski definition) is 18. The quantitative estimate of drug-likeness (QED) is 0.0291. The summed E-state index contributed by atoms with van der Waals surface area (Å²) < 4.78 is 82.4. The number of halogens is 1. The number of aromatic nitrogens is 2. The SMILES string of the molecule is C=C=C=C=C=C=C=C=C=C=C=C(NC(=O)CCCCCNC(=O)CCSC1C=CN(C2OC(COP(=O)(O)OP(=O)(O)OP(=O)(O)O)C(C)C2C)C(=O)N1)OP(=O)(O)OCC1OC(n2cc(Br)c(=O)[nH]c2=O)CC1O. The number of urea groups is 1. The van der Waals surface area contributed by atoms with Crippen molar-refractivity contribution in [3.63, 3.8) is 0 Å². The van der Waals surface area contributed by atoms with Gasteiger partial charge in [0.1, 0.15) is 18.6 Å². The number of carbonyl (C=O) groups excluding carboxylic acids is 3. The molecule has 0 radical (unpaired) electrons. The van der Waals surface area contributed by atoms with Gasteiger partial charge in [-0.15, -0.1) is 11.8 Å². The van der Waals surface area contributed by atoms with Crippen LogP contribution in [0.15, 0.2) is 102 Å². The summed E-state index contributed by atoms with van der Waals surface area (Å²) in [5.41, 5.74) is 22.1. The lowest BCUT2D eigenvalue weighted by molar-refractivity contribution is -0.122. The number of phosphoric ester groups is 2. The third-order valence-electron chi connectivity index (χ3n) is 10.2. The van der Waals surface area contributed by atoms with Crippen molar-refractivity contribution in [2.24, 2.45) is 11.8 Å². The normalized spacial score (nSPS) is 24.2. The molecule has 1 aromatic heterocycles. The molecule has 34 heteroatoms. The number of amides is 4. The maximum absolute atomic E-state index is 13.1. The van der Waals surface area contributed by atoms with Crippen LogP contribution in [0.3, 0.4) is 0 Å². The number of H-pyrrole nitrogens is 1. The van der Waals surface area contributed by atoms with Crippen molar-refractivity contribution < 1.29 is 93.9 Å². The van der Waals surface area contributed by atoms with Crippen LogP contribution in [0.2, 0.25) is 0 Å². The Morgan fingerprint density at radius 3 is 2.17 bits per heavy atom. The first-order chi connectivity index (χ1) is 35.2. The van der Waals surface area contributed by atoms with Gasteiger partial charge in [-0.25, -0.2) is 27.8 Å². The fourth-order valence-electron chi connectivity index (χ4n) is 6.57. The predicted molar refractivity (Wildman–Crippen MR) is 261 cm³/mol. The van der Waals surface area contributed by atoms with Crippen LogP contribution in [0, 0.1) is 11.8 Å². The summed E-state index contributed by atoms with van der Waals surface area (Å²) in [6, 6.07) is -0.556. The van der Waals surface area contributed by atoms with Crippen molar-refractivity contribution in [1.82, 2.24) is 30.4 Å². The summed E-state index contributed by atoms with van der Waals surface area (Å²) in [5.74, 6) is -2.13. The van der Waals surface area contributed by atoms with E-state index in [1.165, 1.54) is 22.9 Å². The summed E-state index contributed by atoms with van der Waals surface area (Å²) in [6.07, 6.45) is -0.0269. The molecular formula is C41H49BrN6O22P4S. The Morgan fingerprint density at radius 2 is 1.51 bits per heavy atom. The Hall–Kier alpha value is -4.76. The lowest BCUT2D eigenvalue weighted by Gasteiger charge is -2.33.